The fourth-order valence-corrected chi connectivity index (χ4v) is 4.70. The molecule has 0 spiro atoms. The van der Waals surface area contributed by atoms with E-state index in [4.69, 9.17) is 23.2 Å². The van der Waals surface area contributed by atoms with E-state index < -0.39 is 15.8 Å². The van der Waals surface area contributed by atoms with Crippen LogP contribution in [0.3, 0.4) is 0 Å². The summed E-state index contributed by atoms with van der Waals surface area (Å²) in [4.78, 5) is 14.0. The number of hydrogen-bond acceptors (Lipinski definition) is 4. The van der Waals surface area contributed by atoms with Crippen LogP contribution in [0.4, 0.5) is 10.1 Å². The summed E-state index contributed by atoms with van der Waals surface area (Å²) in [6.07, 6.45) is 0. The molecule has 150 valence electrons. The van der Waals surface area contributed by atoms with Gasteiger partial charge in [0.1, 0.15) is 5.82 Å². The zero-order valence-electron chi connectivity index (χ0n) is 14.7. The first-order valence-electron chi connectivity index (χ1n) is 8.49. The van der Waals surface area contributed by atoms with Gasteiger partial charge in [0.15, 0.2) is 0 Å². The lowest BCUT2D eigenvalue weighted by Gasteiger charge is -2.33. The van der Waals surface area contributed by atoms with Crippen LogP contribution >= 0.6 is 23.2 Å². The average Bonchev–Trinajstić information content (AvgIpc) is 2.66. The van der Waals surface area contributed by atoms with Gasteiger partial charge in [0.25, 0.3) is 0 Å². The normalized spacial score (nSPS) is 16.1. The van der Waals surface area contributed by atoms with Crippen LogP contribution in [0, 0.1) is 5.82 Å². The Morgan fingerprint density at radius 3 is 2.43 bits per heavy atom. The Kier molecular flexibility index (Phi) is 6.57. The highest BCUT2D eigenvalue weighted by molar-refractivity contribution is 7.89. The summed E-state index contributed by atoms with van der Waals surface area (Å²) in [5.74, 6) is -0.873. The van der Waals surface area contributed by atoms with E-state index in [0.29, 0.717) is 23.8 Å². The van der Waals surface area contributed by atoms with Crippen molar-refractivity contribution in [2.24, 2.45) is 0 Å². The molecule has 1 aliphatic heterocycles. The lowest BCUT2D eigenvalue weighted by Crippen LogP contribution is -2.50. The Morgan fingerprint density at radius 2 is 1.75 bits per heavy atom. The van der Waals surface area contributed by atoms with Gasteiger partial charge >= 0.3 is 0 Å². The quantitative estimate of drug-likeness (QED) is 0.767. The highest BCUT2D eigenvalue weighted by Crippen LogP contribution is 2.29. The van der Waals surface area contributed by atoms with Crippen LogP contribution < -0.4 is 5.32 Å². The number of anilines is 1. The lowest BCUT2D eigenvalue weighted by molar-refractivity contribution is -0.117. The van der Waals surface area contributed by atoms with Gasteiger partial charge in [-0.25, -0.2) is 12.8 Å². The van der Waals surface area contributed by atoms with Gasteiger partial charge < -0.3 is 5.32 Å². The molecule has 1 N–H and O–H groups in total. The standard InChI is InChI=1S/C18H18Cl2FN3O3S/c19-15-5-2-6-16(18(15)20)22-17(25)12-23-7-9-24(10-8-23)28(26,27)14-4-1-3-13(21)11-14/h1-6,11H,7-10,12H2,(H,22,25). The third-order valence-electron chi connectivity index (χ3n) is 4.36. The van der Waals surface area contributed by atoms with Gasteiger partial charge in [-0.2, -0.15) is 4.31 Å². The van der Waals surface area contributed by atoms with Gasteiger partial charge in [-0.3, -0.25) is 9.69 Å². The molecule has 0 bridgehead atoms. The van der Waals surface area contributed by atoms with Crippen LogP contribution in [0.25, 0.3) is 0 Å². The Morgan fingerprint density at radius 1 is 1.07 bits per heavy atom. The van der Waals surface area contributed by atoms with Crippen LogP contribution in [0.15, 0.2) is 47.4 Å². The minimum atomic E-state index is -3.76. The predicted octanol–water partition coefficient (Wildman–Crippen LogP) is 3.08. The predicted molar refractivity (Wildman–Crippen MR) is 107 cm³/mol. The summed E-state index contributed by atoms with van der Waals surface area (Å²) < 4.78 is 39.9. The second-order valence-electron chi connectivity index (χ2n) is 6.29. The molecule has 10 heteroatoms. The molecule has 1 amide bonds. The fraction of sp³-hybridized carbons (Fsp3) is 0.278. The largest absolute Gasteiger partial charge is 0.324 e. The Bertz CT molecular complexity index is 980. The number of carbonyl (C=O) groups is 1. The van der Waals surface area contributed by atoms with Crippen molar-refractivity contribution >= 4 is 44.8 Å². The number of benzene rings is 2. The summed E-state index contributed by atoms with van der Waals surface area (Å²) in [5, 5.41) is 3.31. The first-order chi connectivity index (χ1) is 13.3. The molecule has 0 radical (unpaired) electrons. The number of sulfonamides is 1. The van der Waals surface area contributed by atoms with Crippen molar-refractivity contribution in [1.29, 1.82) is 0 Å². The zero-order valence-corrected chi connectivity index (χ0v) is 17.1. The third-order valence-corrected chi connectivity index (χ3v) is 7.07. The summed E-state index contributed by atoms with van der Waals surface area (Å²) in [6.45, 7) is 1.28. The van der Waals surface area contributed by atoms with E-state index in [9.17, 15) is 17.6 Å². The van der Waals surface area contributed by atoms with Crippen molar-refractivity contribution in [1.82, 2.24) is 9.21 Å². The molecular weight excluding hydrogens is 428 g/mol. The number of nitrogens with one attached hydrogen (secondary N) is 1. The number of nitrogens with zero attached hydrogens (tertiary/aromatic N) is 2. The third kappa shape index (κ3) is 4.82. The maximum absolute atomic E-state index is 13.3. The van der Waals surface area contributed by atoms with Gasteiger partial charge in [-0.05, 0) is 30.3 Å². The smallest absolute Gasteiger partial charge is 0.243 e. The van der Waals surface area contributed by atoms with Crippen molar-refractivity contribution in [3.8, 4) is 0 Å². The van der Waals surface area contributed by atoms with Gasteiger partial charge in [-0.1, -0.05) is 35.3 Å². The minimum Gasteiger partial charge on any atom is -0.324 e. The molecule has 1 heterocycles. The van der Waals surface area contributed by atoms with E-state index >= 15 is 0 Å². The van der Waals surface area contributed by atoms with Crippen LogP contribution in [0.5, 0.6) is 0 Å². The van der Waals surface area contributed by atoms with Crippen LogP contribution in [-0.2, 0) is 14.8 Å². The molecular formula is C18H18Cl2FN3O3S. The average molecular weight is 446 g/mol. The lowest BCUT2D eigenvalue weighted by atomic mass is 10.3. The van der Waals surface area contributed by atoms with Crippen LogP contribution in [-0.4, -0.2) is 56.3 Å². The maximum Gasteiger partial charge on any atom is 0.243 e. The molecule has 1 saturated heterocycles. The number of hydrogen-bond donors (Lipinski definition) is 1. The van der Waals surface area contributed by atoms with Gasteiger partial charge in [0.05, 0.1) is 27.2 Å². The number of carbonyl (C=O) groups excluding carboxylic acids is 1. The number of rotatable bonds is 5. The fourth-order valence-electron chi connectivity index (χ4n) is 2.90. The Balaban J connectivity index is 1.56. The van der Waals surface area contributed by atoms with Gasteiger partial charge in [0, 0.05) is 26.2 Å². The molecule has 6 nitrogen and oxygen atoms in total. The van der Waals surface area contributed by atoms with Crippen molar-refractivity contribution < 1.29 is 17.6 Å². The second kappa shape index (κ2) is 8.75. The van der Waals surface area contributed by atoms with E-state index in [0.717, 1.165) is 6.07 Å². The second-order valence-corrected chi connectivity index (χ2v) is 9.01. The molecule has 0 unspecified atom stereocenters. The van der Waals surface area contributed by atoms with Crippen molar-refractivity contribution in [3.63, 3.8) is 0 Å². The van der Waals surface area contributed by atoms with Gasteiger partial charge in [0.2, 0.25) is 15.9 Å². The summed E-state index contributed by atoms with van der Waals surface area (Å²) in [5.41, 5.74) is 0.423. The minimum absolute atomic E-state index is 0.0747. The summed E-state index contributed by atoms with van der Waals surface area (Å²) in [6, 6.07) is 9.88. The molecule has 1 fully saturated rings. The van der Waals surface area contributed by atoms with Crippen molar-refractivity contribution in [2.75, 3.05) is 38.0 Å². The zero-order chi connectivity index (χ0) is 20.3. The van der Waals surface area contributed by atoms with Gasteiger partial charge in [-0.15, -0.1) is 0 Å². The van der Waals surface area contributed by atoms with Crippen LogP contribution in [0.1, 0.15) is 0 Å². The summed E-state index contributed by atoms with van der Waals surface area (Å²) in [7, 11) is -3.76. The summed E-state index contributed by atoms with van der Waals surface area (Å²) >= 11 is 12.0. The molecule has 28 heavy (non-hydrogen) atoms. The SMILES string of the molecule is O=C(CN1CCN(S(=O)(=O)c2cccc(F)c2)CC1)Nc1cccc(Cl)c1Cl. The van der Waals surface area contributed by atoms with E-state index in [2.05, 4.69) is 5.32 Å². The molecule has 2 aromatic carbocycles. The molecule has 0 saturated carbocycles. The highest BCUT2D eigenvalue weighted by atomic mass is 35.5. The van der Waals surface area contributed by atoms with E-state index in [1.165, 1.54) is 22.5 Å². The molecule has 2 aromatic rings. The molecule has 0 aromatic heterocycles. The van der Waals surface area contributed by atoms with E-state index in [1.54, 1.807) is 18.2 Å². The maximum atomic E-state index is 13.3. The van der Waals surface area contributed by atoms with Crippen LogP contribution in [0.2, 0.25) is 10.0 Å². The Labute approximate surface area is 172 Å². The topological polar surface area (TPSA) is 69.7 Å². The molecule has 1 aliphatic rings. The first-order valence-corrected chi connectivity index (χ1v) is 10.7. The molecule has 0 atom stereocenters. The van der Waals surface area contributed by atoms with E-state index in [-0.39, 0.29) is 35.5 Å². The first kappa shape index (κ1) is 21.0. The Hall–Kier alpha value is -1.71. The monoisotopic (exact) mass is 445 g/mol. The number of piperazine rings is 1. The van der Waals surface area contributed by atoms with Crippen molar-refractivity contribution in [2.45, 2.75) is 4.90 Å². The highest BCUT2D eigenvalue weighted by Gasteiger charge is 2.29. The van der Waals surface area contributed by atoms with Crippen molar-refractivity contribution in [3.05, 3.63) is 58.3 Å². The number of amides is 1. The van der Waals surface area contributed by atoms with E-state index in [1.807, 2.05) is 4.90 Å². The number of halogens is 3. The molecule has 3 rings (SSSR count). The molecule has 0 aliphatic carbocycles.